The zero-order valence-electron chi connectivity index (χ0n) is 7.35. The molecule has 0 radical (unpaired) electrons. The highest BCUT2D eigenvalue weighted by Gasteiger charge is 2.41. The van der Waals surface area contributed by atoms with Crippen LogP contribution < -0.4 is 5.32 Å². The van der Waals surface area contributed by atoms with Crippen LogP contribution in [-0.4, -0.2) is 47.9 Å². The van der Waals surface area contributed by atoms with Crippen LogP contribution in [0.1, 0.15) is 0 Å². The first-order valence-electron chi connectivity index (χ1n) is 3.49. The minimum atomic E-state index is -5.34. The second-order valence-electron chi connectivity index (χ2n) is 2.61. The van der Waals surface area contributed by atoms with E-state index in [9.17, 15) is 31.2 Å². The van der Waals surface area contributed by atoms with Gasteiger partial charge in [-0.05, 0) is 0 Å². The lowest BCUT2D eigenvalue weighted by Gasteiger charge is -2.13. The summed E-state index contributed by atoms with van der Waals surface area (Å²) in [5.41, 5.74) is 0. The van der Waals surface area contributed by atoms with Crippen molar-refractivity contribution in [1.82, 2.24) is 5.32 Å². The van der Waals surface area contributed by atoms with Gasteiger partial charge in [-0.3, -0.25) is 9.35 Å². The molecule has 0 rings (SSSR count). The van der Waals surface area contributed by atoms with E-state index in [1.807, 2.05) is 0 Å². The number of rotatable bonds is 4. The molecule has 1 unspecified atom stereocenters. The Kier molecular flexibility index (Phi) is 4.26. The van der Waals surface area contributed by atoms with Crippen LogP contribution in [0.25, 0.3) is 0 Å². The van der Waals surface area contributed by atoms with Crippen LogP contribution in [0.2, 0.25) is 0 Å². The maximum atomic E-state index is 11.7. The van der Waals surface area contributed by atoms with E-state index in [1.54, 1.807) is 0 Å². The first-order chi connectivity index (χ1) is 6.93. The van der Waals surface area contributed by atoms with Gasteiger partial charge in [-0.15, -0.1) is 0 Å². The predicted molar refractivity (Wildman–Crippen MR) is 42.0 cm³/mol. The summed E-state index contributed by atoms with van der Waals surface area (Å²) in [4.78, 5) is 20.6. The number of carbonyl (C=O) groups is 2. The summed E-state index contributed by atoms with van der Waals surface area (Å²) in [5.74, 6) is -6.18. The van der Waals surface area contributed by atoms with Crippen molar-refractivity contribution in [2.75, 3.05) is 5.75 Å². The molecule has 94 valence electrons. The third-order valence-electron chi connectivity index (χ3n) is 1.24. The number of nitrogens with one attached hydrogen (secondary N) is 1. The van der Waals surface area contributed by atoms with Crippen molar-refractivity contribution >= 4 is 22.0 Å². The SMILES string of the molecule is O=C(O)C(CS(=O)(=O)O)NC(=O)C(F)(F)F. The third kappa shape index (κ3) is 5.50. The summed E-state index contributed by atoms with van der Waals surface area (Å²) in [6.07, 6.45) is -5.34. The minimum Gasteiger partial charge on any atom is -0.480 e. The fourth-order valence-electron chi connectivity index (χ4n) is 0.625. The van der Waals surface area contributed by atoms with E-state index in [2.05, 4.69) is 0 Å². The molecule has 16 heavy (non-hydrogen) atoms. The van der Waals surface area contributed by atoms with E-state index in [4.69, 9.17) is 9.66 Å². The summed E-state index contributed by atoms with van der Waals surface area (Å²) >= 11 is 0. The number of aliphatic carboxylic acids is 1. The van der Waals surface area contributed by atoms with Crippen LogP contribution in [0, 0.1) is 0 Å². The number of alkyl halides is 3. The van der Waals surface area contributed by atoms with Crippen LogP contribution in [0.4, 0.5) is 13.2 Å². The molecular weight excluding hydrogens is 259 g/mol. The zero-order valence-corrected chi connectivity index (χ0v) is 8.17. The lowest BCUT2D eigenvalue weighted by molar-refractivity contribution is -0.175. The second-order valence-corrected chi connectivity index (χ2v) is 4.11. The molecule has 0 spiro atoms. The van der Waals surface area contributed by atoms with Crippen molar-refractivity contribution in [3.8, 4) is 0 Å². The first-order valence-corrected chi connectivity index (χ1v) is 5.10. The Hall–Kier alpha value is -1.36. The van der Waals surface area contributed by atoms with Gasteiger partial charge in [-0.25, -0.2) is 4.79 Å². The van der Waals surface area contributed by atoms with E-state index >= 15 is 0 Å². The Labute approximate surface area is 87.0 Å². The second kappa shape index (κ2) is 4.65. The van der Waals surface area contributed by atoms with Gasteiger partial charge in [0.25, 0.3) is 10.1 Å². The van der Waals surface area contributed by atoms with E-state index in [-0.39, 0.29) is 0 Å². The molecule has 0 aromatic rings. The quantitative estimate of drug-likeness (QED) is 0.561. The number of carboxylic acids is 1. The fourth-order valence-corrected chi connectivity index (χ4v) is 1.27. The Balaban J connectivity index is 4.73. The van der Waals surface area contributed by atoms with Crippen molar-refractivity contribution < 1.29 is 40.8 Å². The van der Waals surface area contributed by atoms with Gasteiger partial charge in [-0.1, -0.05) is 0 Å². The average Bonchev–Trinajstić information content (AvgIpc) is 1.98. The van der Waals surface area contributed by atoms with Crippen molar-refractivity contribution in [1.29, 1.82) is 0 Å². The lowest BCUT2D eigenvalue weighted by Crippen LogP contribution is -2.49. The molecule has 0 saturated heterocycles. The van der Waals surface area contributed by atoms with Gasteiger partial charge in [0.1, 0.15) is 11.8 Å². The van der Waals surface area contributed by atoms with Crippen molar-refractivity contribution in [3.05, 3.63) is 0 Å². The average molecular weight is 265 g/mol. The van der Waals surface area contributed by atoms with E-state index in [0.29, 0.717) is 0 Å². The fraction of sp³-hybridized carbons (Fsp3) is 0.600. The zero-order chi connectivity index (χ0) is 13.1. The molecule has 1 amide bonds. The molecule has 0 saturated carbocycles. The maximum absolute atomic E-state index is 11.7. The summed E-state index contributed by atoms with van der Waals surface area (Å²) in [5, 5.41) is 9.20. The summed E-state index contributed by atoms with van der Waals surface area (Å²) in [6, 6.07) is -2.37. The van der Waals surface area contributed by atoms with Crippen LogP contribution in [0.5, 0.6) is 0 Å². The smallest absolute Gasteiger partial charge is 0.471 e. The number of hydrogen-bond acceptors (Lipinski definition) is 4. The van der Waals surface area contributed by atoms with E-state index < -0.39 is 40.0 Å². The predicted octanol–water partition coefficient (Wildman–Crippen LogP) is -0.994. The van der Waals surface area contributed by atoms with Crippen molar-refractivity contribution in [3.63, 3.8) is 0 Å². The molecule has 0 heterocycles. The van der Waals surface area contributed by atoms with Crippen molar-refractivity contribution in [2.45, 2.75) is 12.2 Å². The number of hydrogen-bond donors (Lipinski definition) is 3. The molecule has 0 aromatic heterocycles. The van der Waals surface area contributed by atoms with Crippen LogP contribution in [0.15, 0.2) is 0 Å². The Morgan fingerprint density at radius 3 is 2.00 bits per heavy atom. The van der Waals surface area contributed by atoms with Gasteiger partial charge in [0.05, 0.1) is 0 Å². The standard InChI is InChI=1S/C5H6F3NO6S/c6-5(7,8)4(12)9-2(3(10)11)1-16(13,14)15/h2H,1H2,(H,9,12)(H,10,11)(H,13,14,15). The molecule has 0 bridgehead atoms. The monoisotopic (exact) mass is 265 g/mol. The largest absolute Gasteiger partial charge is 0.480 e. The number of halogens is 3. The normalized spacial score (nSPS) is 14.2. The topological polar surface area (TPSA) is 121 Å². The molecule has 0 aliphatic rings. The van der Waals surface area contributed by atoms with Crippen molar-refractivity contribution in [2.24, 2.45) is 0 Å². The van der Waals surface area contributed by atoms with Crippen LogP contribution in [0.3, 0.4) is 0 Å². The summed E-state index contributed by atoms with van der Waals surface area (Å²) in [7, 11) is -4.82. The van der Waals surface area contributed by atoms with Crippen LogP contribution in [-0.2, 0) is 19.7 Å². The Bertz CT molecular complexity index is 387. The number of amides is 1. The Morgan fingerprint density at radius 1 is 1.31 bits per heavy atom. The lowest BCUT2D eigenvalue weighted by atomic mass is 10.3. The first kappa shape index (κ1) is 14.6. The highest BCUT2D eigenvalue weighted by atomic mass is 32.2. The van der Waals surface area contributed by atoms with Gasteiger partial charge in [-0.2, -0.15) is 21.6 Å². The highest BCUT2D eigenvalue weighted by molar-refractivity contribution is 7.85. The van der Waals surface area contributed by atoms with Crippen LogP contribution >= 0.6 is 0 Å². The molecule has 7 nitrogen and oxygen atoms in total. The molecule has 1 atom stereocenters. The van der Waals surface area contributed by atoms with E-state index in [1.165, 1.54) is 0 Å². The van der Waals surface area contributed by atoms with Gasteiger partial charge in [0, 0.05) is 0 Å². The molecule has 0 aromatic carbocycles. The molecule has 0 fully saturated rings. The molecule has 3 N–H and O–H groups in total. The minimum absolute atomic E-state index is 0.910. The molecule has 0 aliphatic carbocycles. The summed E-state index contributed by atoms with van der Waals surface area (Å²) < 4.78 is 63.8. The number of carbonyl (C=O) groups excluding carboxylic acids is 1. The highest BCUT2D eigenvalue weighted by Crippen LogP contribution is 2.14. The van der Waals surface area contributed by atoms with Gasteiger partial charge in [0.15, 0.2) is 0 Å². The van der Waals surface area contributed by atoms with Gasteiger partial charge >= 0.3 is 18.1 Å². The van der Waals surface area contributed by atoms with E-state index in [0.717, 1.165) is 5.32 Å². The third-order valence-corrected chi connectivity index (χ3v) is 1.99. The van der Waals surface area contributed by atoms with Gasteiger partial charge < -0.3 is 10.4 Å². The summed E-state index contributed by atoms with van der Waals surface area (Å²) in [6.45, 7) is 0. The Morgan fingerprint density at radius 2 is 1.75 bits per heavy atom. The molecular formula is C5H6F3NO6S. The molecule has 0 aliphatic heterocycles. The van der Waals surface area contributed by atoms with Gasteiger partial charge in [0.2, 0.25) is 0 Å². The number of carboxylic acid groups (broad SMARTS) is 1. The molecule has 11 heteroatoms. The maximum Gasteiger partial charge on any atom is 0.471 e.